The maximum Gasteiger partial charge on any atom is 0.410 e. The first kappa shape index (κ1) is 19.2. The number of rotatable bonds is 2. The van der Waals surface area contributed by atoms with E-state index in [9.17, 15) is 19.8 Å². The van der Waals surface area contributed by atoms with Gasteiger partial charge in [-0.15, -0.1) is 0 Å². The monoisotopic (exact) mass is 388 g/mol. The van der Waals surface area contributed by atoms with Crippen molar-refractivity contribution in [3.05, 3.63) is 29.8 Å². The summed E-state index contributed by atoms with van der Waals surface area (Å²) in [7, 11) is 0. The summed E-state index contributed by atoms with van der Waals surface area (Å²) in [5, 5.41) is 23.6. The third kappa shape index (κ3) is 2.49. The highest BCUT2D eigenvalue weighted by Gasteiger charge is 2.71. The molecule has 2 aliphatic heterocycles. The van der Waals surface area contributed by atoms with E-state index in [1.807, 2.05) is 45.0 Å². The average molecular weight is 388 g/mol. The smallest absolute Gasteiger partial charge is 0.410 e. The molecule has 7 nitrogen and oxygen atoms in total. The molecule has 1 aromatic carbocycles. The van der Waals surface area contributed by atoms with E-state index in [1.165, 1.54) is 0 Å². The van der Waals surface area contributed by atoms with Crippen LogP contribution in [0.25, 0.3) is 0 Å². The van der Waals surface area contributed by atoms with E-state index in [-0.39, 0.29) is 19.1 Å². The molecule has 0 bridgehead atoms. The first-order chi connectivity index (χ1) is 13.2. The lowest BCUT2D eigenvalue weighted by Gasteiger charge is -2.44. The van der Waals surface area contributed by atoms with E-state index in [0.29, 0.717) is 19.4 Å². The van der Waals surface area contributed by atoms with Gasteiger partial charge < -0.3 is 25.2 Å². The number of carbonyl (C=O) groups excluding carboxylic acids is 2. The number of aliphatic hydroxyl groups excluding tert-OH is 2. The minimum absolute atomic E-state index is 0.112. The largest absolute Gasteiger partial charge is 0.444 e. The first-order valence-electron chi connectivity index (χ1n) is 9.80. The van der Waals surface area contributed by atoms with Crippen molar-refractivity contribution in [2.24, 2.45) is 11.3 Å². The first-order valence-corrected chi connectivity index (χ1v) is 9.80. The van der Waals surface area contributed by atoms with Crippen molar-refractivity contribution in [3.63, 3.8) is 0 Å². The Morgan fingerprint density at radius 3 is 2.61 bits per heavy atom. The second-order valence-electron chi connectivity index (χ2n) is 9.34. The molecule has 1 aliphatic carbocycles. The van der Waals surface area contributed by atoms with Crippen molar-refractivity contribution >= 4 is 17.7 Å². The summed E-state index contributed by atoms with van der Waals surface area (Å²) in [6.07, 6.45) is 0.447. The lowest BCUT2D eigenvalue weighted by Crippen LogP contribution is -2.56. The number of fused-ring (bicyclic) bond motifs is 1. The van der Waals surface area contributed by atoms with Crippen LogP contribution in [-0.2, 0) is 14.9 Å². The summed E-state index contributed by atoms with van der Waals surface area (Å²) in [6.45, 7) is 5.23. The number of para-hydroxylation sites is 1. The molecule has 1 saturated carbocycles. The number of aliphatic hydroxyl groups is 2. The number of benzene rings is 1. The standard InChI is InChI=1S/C21H28N2O5/c1-19(2,3)28-18(27)23-9-8-21-13-6-4-5-7-15(13)22-16(26)14(21)10-20(11-24,12-25)17(21)23/h4-7,14,17,24-25H,8-12H2,1-3H3,(H,22,26)/t14-,17+,21+/m1/s1. The molecule has 3 aliphatic rings. The zero-order valence-corrected chi connectivity index (χ0v) is 16.6. The van der Waals surface area contributed by atoms with Gasteiger partial charge in [0, 0.05) is 23.1 Å². The highest BCUT2D eigenvalue weighted by Crippen LogP contribution is 2.63. The van der Waals surface area contributed by atoms with E-state index < -0.39 is 34.5 Å². The minimum Gasteiger partial charge on any atom is -0.444 e. The number of anilines is 1. The summed E-state index contributed by atoms with van der Waals surface area (Å²) in [4.78, 5) is 27.7. The fourth-order valence-corrected chi connectivity index (χ4v) is 5.67. The number of hydrogen-bond acceptors (Lipinski definition) is 5. The van der Waals surface area contributed by atoms with Crippen LogP contribution >= 0.6 is 0 Å². The quantitative estimate of drug-likeness (QED) is 0.718. The molecule has 0 aromatic heterocycles. The van der Waals surface area contributed by atoms with Gasteiger partial charge in [-0.3, -0.25) is 4.79 Å². The number of nitrogens with zero attached hydrogens (tertiary/aromatic N) is 1. The van der Waals surface area contributed by atoms with Crippen molar-refractivity contribution in [1.82, 2.24) is 4.90 Å². The topological polar surface area (TPSA) is 99.1 Å². The van der Waals surface area contributed by atoms with E-state index in [1.54, 1.807) is 4.90 Å². The second kappa shape index (κ2) is 6.19. The Bertz CT molecular complexity index is 813. The predicted octanol–water partition coefficient (Wildman–Crippen LogP) is 1.88. The zero-order valence-electron chi connectivity index (χ0n) is 16.6. The van der Waals surface area contributed by atoms with Gasteiger partial charge in [0.25, 0.3) is 0 Å². The van der Waals surface area contributed by atoms with Crippen LogP contribution < -0.4 is 5.32 Å². The number of carbonyl (C=O) groups is 2. The molecule has 152 valence electrons. The van der Waals surface area contributed by atoms with Crippen molar-refractivity contribution in [1.29, 1.82) is 0 Å². The van der Waals surface area contributed by atoms with Gasteiger partial charge in [0.15, 0.2) is 0 Å². The van der Waals surface area contributed by atoms with Gasteiger partial charge >= 0.3 is 6.09 Å². The van der Waals surface area contributed by atoms with Gasteiger partial charge in [0.05, 0.1) is 25.2 Å². The number of ether oxygens (including phenoxy) is 1. The van der Waals surface area contributed by atoms with E-state index in [4.69, 9.17) is 4.74 Å². The highest BCUT2D eigenvalue weighted by atomic mass is 16.6. The fraction of sp³-hybridized carbons (Fsp3) is 0.619. The Morgan fingerprint density at radius 2 is 1.96 bits per heavy atom. The highest BCUT2D eigenvalue weighted by molar-refractivity contribution is 5.98. The van der Waals surface area contributed by atoms with Gasteiger partial charge in [0.1, 0.15) is 5.60 Å². The molecule has 4 rings (SSSR count). The van der Waals surface area contributed by atoms with Gasteiger partial charge in [-0.05, 0) is 45.2 Å². The Labute approximate surface area is 164 Å². The number of hydrogen-bond donors (Lipinski definition) is 3. The van der Waals surface area contributed by atoms with Gasteiger partial charge in [0.2, 0.25) is 5.91 Å². The molecule has 2 heterocycles. The van der Waals surface area contributed by atoms with Crippen molar-refractivity contribution in [2.45, 2.75) is 50.7 Å². The maximum absolute atomic E-state index is 13.0. The number of amides is 2. The molecule has 3 atom stereocenters. The molecule has 0 unspecified atom stereocenters. The Hall–Kier alpha value is -2.12. The summed E-state index contributed by atoms with van der Waals surface area (Å²) < 4.78 is 5.63. The molecule has 7 heteroatoms. The van der Waals surface area contributed by atoms with Crippen LogP contribution in [0.1, 0.15) is 39.2 Å². The normalized spacial score (nSPS) is 30.3. The molecular formula is C21H28N2O5. The summed E-state index contributed by atoms with van der Waals surface area (Å²) in [6, 6.07) is 7.13. The van der Waals surface area contributed by atoms with E-state index in [0.717, 1.165) is 11.3 Å². The second-order valence-corrected chi connectivity index (χ2v) is 9.34. The molecular weight excluding hydrogens is 360 g/mol. The van der Waals surface area contributed by atoms with Gasteiger partial charge in [-0.25, -0.2) is 4.79 Å². The van der Waals surface area contributed by atoms with E-state index >= 15 is 0 Å². The molecule has 2 amide bonds. The molecule has 3 N–H and O–H groups in total. The van der Waals surface area contributed by atoms with Crippen molar-refractivity contribution in [2.75, 3.05) is 25.1 Å². The number of nitrogens with one attached hydrogen (secondary N) is 1. The number of likely N-dealkylation sites (tertiary alicyclic amines) is 1. The van der Waals surface area contributed by atoms with E-state index in [2.05, 4.69) is 5.32 Å². The SMILES string of the molecule is CC(C)(C)OC(=O)N1CC[C@]23c4ccccc4NC(=O)[C@H]2CC(CO)(CO)[C@H]13. The molecule has 1 aromatic rings. The predicted molar refractivity (Wildman–Crippen MR) is 103 cm³/mol. The van der Waals surface area contributed by atoms with Crippen LogP contribution in [0.5, 0.6) is 0 Å². The van der Waals surface area contributed by atoms with Crippen LogP contribution in [0.4, 0.5) is 10.5 Å². The van der Waals surface area contributed by atoms with Crippen molar-refractivity contribution < 1.29 is 24.5 Å². The van der Waals surface area contributed by atoms with Crippen LogP contribution in [0.2, 0.25) is 0 Å². The molecule has 2 fully saturated rings. The summed E-state index contributed by atoms with van der Waals surface area (Å²) in [5.74, 6) is -0.530. The van der Waals surface area contributed by atoms with Crippen LogP contribution in [0.15, 0.2) is 24.3 Å². The Morgan fingerprint density at radius 1 is 1.29 bits per heavy atom. The van der Waals surface area contributed by atoms with Crippen LogP contribution in [0, 0.1) is 11.3 Å². The minimum atomic E-state index is -0.965. The average Bonchev–Trinajstić information content (AvgIpc) is 3.15. The van der Waals surface area contributed by atoms with Crippen LogP contribution in [0.3, 0.4) is 0 Å². The fourth-order valence-electron chi connectivity index (χ4n) is 5.67. The molecule has 1 spiro atoms. The van der Waals surface area contributed by atoms with Gasteiger partial charge in [-0.1, -0.05) is 18.2 Å². The third-order valence-electron chi connectivity index (χ3n) is 6.64. The lowest BCUT2D eigenvalue weighted by molar-refractivity contribution is -0.122. The molecule has 28 heavy (non-hydrogen) atoms. The maximum atomic E-state index is 13.0. The molecule has 1 saturated heterocycles. The third-order valence-corrected chi connectivity index (χ3v) is 6.64. The molecule has 0 radical (unpaired) electrons. The lowest BCUT2D eigenvalue weighted by atomic mass is 9.65. The summed E-state index contributed by atoms with van der Waals surface area (Å²) in [5.41, 5.74) is -0.548. The van der Waals surface area contributed by atoms with Gasteiger partial charge in [-0.2, -0.15) is 0 Å². The Balaban J connectivity index is 1.87. The van der Waals surface area contributed by atoms with Crippen molar-refractivity contribution in [3.8, 4) is 0 Å². The Kier molecular flexibility index (Phi) is 4.25. The summed E-state index contributed by atoms with van der Waals surface area (Å²) >= 11 is 0. The zero-order chi connectivity index (χ0) is 20.3. The van der Waals surface area contributed by atoms with Crippen LogP contribution in [-0.4, -0.2) is 58.5 Å².